The molecule has 2 aromatic heterocycles. The molecule has 1 aliphatic heterocycles. The highest BCUT2D eigenvalue weighted by Gasteiger charge is 2.30. The molecule has 0 bridgehead atoms. The highest BCUT2D eigenvalue weighted by molar-refractivity contribution is 6.34. The predicted molar refractivity (Wildman–Crippen MR) is 143 cm³/mol. The summed E-state index contributed by atoms with van der Waals surface area (Å²) >= 11 is 6.66. The van der Waals surface area contributed by atoms with Crippen LogP contribution in [0.3, 0.4) is 0 Å². The summed E-state index contributed by atoms with van der Waals surface area (Å²) in [6, 6.07) is 7.79. The molecule has 4 rings (SSSR count). The molecule has 10 heteroatoms. The standard InChI is InChI=1S/C27H31ClFN5O3/c1-15(2)34(16(3)4)26(35)22-17(5)30-25(32-10-12-33(13-11-32)27(36)37)19-14-20(28)23(31-24(19)22)18-8-6-7-9-21(18)29/h6-9,14-16H,10-13H2,1-5H3,(H,36,37). The molecular weight excluding hydrogens is 497 g/mol. The minimum Gasteiger partial charge on any atom is -0.465 e. The molecule has 1 aliphatic rings. The fraction of sp³-hybridized carbons (Fsp3) is 0.407. The number of hydrogen-bond acceptors (Lipinski definition) is 5. The third-order valence-electron chi connectivity index (χ3n) is 6.63. The first-order valence-corrected chi connectivity index (χ1v) is 12.7. The number of nitrogens with zero attached hydrogens (tertiary/aromatic N) is 5. The zero-order chi connectivity index (χ0) is 27.0. The molecule has 1 N–H and O–H groups in total. The van der Waals surface area contributed by atoms with Crippen LogP contribution in [0.2, 0.25) is 5.02 Å². The first-order chi connectivity index (χ1) is 17.5. The smallest absolute Gasteiger partial charge is 0.407 e. The maximum Gasteiger partial charge on any atom is 0.407 e. The van der Waals surface area contributed by atoms with Gasteiger partial charge >= 0.3 is 6.09 Å². The number of fused-ring (bicyclic) bond motifs is 1. The molecule has 0 saturated carbocycles. The van der Waals surface area contributed by atoms with E-state index in [1.54, 1.807) is 36.1 Å². The summed E-state index contributed by atoms with van der Waals surface area (Å²) < 4.78 is 14.8. The molecule has 8 nitrogen and oxygen atoms in total. The monoisotopic (exact) mass is 527 g/mol. The lowest BCUT2D eigenvalue weighted by Gasteiger charge is -2.35. The third-order valence-corrected chi connectivity index (χ3v) is 6.92. The molecule has 37 heavy (non-hydrogen) atoms. The summed E-state index contributed by atoms with van der Waals surface area (Å²) in [5, 5.41) is 10.1. The van der Waals surface area contributed by atoms with Crippen molar-refractivity contribution < 1.29 is 19.1 Å². The summed E-state index contributed by atoms with van der Waals surface area (Å²) in [7, 11) is 0. The van der Waals surface area contributed by atoms with Gasteiger partial charge in [-0.3, -0.25) is 4.79 Å². The average molecular weight is 528 g/mol. The van der Waals surface area contributed by atoms with E-state index < -0.39 is 11.9 Å². The van der Waals surface area contributed by atoms with E-state index in [1.807, 2.05) is 32.6 Å². The first kappa shape index (κ1) is 26.6. The number of piperazine rings is 1. The quantitative estimate of drug-likeness (QED) is 0.474. The molecule has 3 heterocycles. The molecule has 0 aliphatic carbocycles. The molecule has 3 aromatic rings. The summed E-state index contributed by atoms with van der Waals surface area (Å²) in [5.41, 5.74) is 1.72. The van der Waals surface area contributed by atoms with Gasteiger partial charge in [0.2, 0.25) is 0 Å². The van der Waals surface area contributed by atoms with Crippen LogP contribution in [0, 0.1) is 12.7 Å². The fourth-order valence-corrected chi connectivity index (χ4v) is 5.19. The van der Waals surface area contributed by atoms with Crippen molar-refractivity contribution in [2.75, 3.05) is 31.1 Å². The Labute approximate surface area is 220 Å². The lowest BCUT2D eigenvalue weighted by Crippen LogP contribution is -2.48. The van der Waals surface area contributed by atoms with Crippen LogP contribution in [-0.4, -0.2) is 75.1 Å². The number of halogens is 2. The highest BCUT2D eigenvalue weighted by atomic mass is 35.5. The number of anilines is 1. The number of carbonyl (C=O) groups excluding carboxylic acids is 1. The van der Waals surface area contributed by atoms with Crippen LogP contribution in [-0.2, 0) is 0 Å². The van der Waals surface area contributed by atoms with Crippen LogP contribution in [0.1, 0.15) is 43.7 Å². The van der Waals surface area contributed by atoms with E-state index >= 15 is 0 Å². The number of carbonyl (C=O) groups is 2. The zero-order valence-electron chi connectivity index (χ0n) is 21.6. The Balaban J connectivity index is 1.96. The van der Waals surface area contributed by atoms with Gasteiger partial charge in [0.05, 0.1) is 27.5 Å². The van der Waals surface area contributed by atoms with Gasteiger partial charge in [0.25, 0.3) is 5.91 Å². The predicted octanol–water partition coefficient (Wildman–Crippen LogP) is 5.46. The van der Waals surface area contributed by atoms with Gasteiger partial charge in [-0.1, -0.05) is 23.7 Å². The Bertz CT molecular complexity index is 1350. The lowest BCUT2D eigenvalue weighted by molar-refractivity contribution is 0.0644. The summed E-state index contributed by atoms with van der Waals surface area (Å²) in [6.45, 7) is 11.1. The van der Waals surface area contributed by atoms with Gasteiger partial charge < -0.3 is 19.8 Å². The van der Waals surface area contributed by atoms with E-state index in [2.05, 4.69) is 0 Å². The summed E-state index contributed by atoms with van der Waals surface area (Å²) in [5.74, 6) is -0.105. The second-order valence-corrected chi connectivity index (χ2v) is 10.2. The normalized spacial score (nSPS) is 14.1. The SMILES string of the molecule is Cc1nc(N2CCN(C(=O)O)CC2)c2cc(Cl)c(-c3ccccc3F)nc2c1C(=O)N(C(C)C)C(C)C. The van der Waals surface area contributed by atoms with Gasteiger partial charge in [0.15, 0.2) is 0 Å². The average Bonchev–Trinajstić information content (AvgIpc) is 2.83. The lowest BCUT2D eigenvalue weighted by atomic mass is 10.0. The van der Waals surface area contributed by atoms with Crippen molar-refractivity contribution in [3.8, 4) is 11.3 Å². The minimum atomic E-state index is -0.962. The van der Waals surface area contributed by atoms with Crippen LogP contribution in [0.15, 0.2) is 30.3 Å². The van der Waals surface area contributed by atoms with Gasteiger partial charge in [-0.15, -0.1) is 0 Å². The van der Waals surface area contributed by atoms with Crippen LogP contribution in [0.4, 0.5) is 15.0 Å². The number of carboxylic acid groups (broad SMARTS) is 1. The van der Waals surface area contributed by atoms with Gasteiger partial charge in [-0.25, -0.2) is 19.2 Å². The van der Waals surface area contributed by atoms with Crippen LogP contribution in [0.5, 0.6) is 0 Å². The molecule has 196 valence electrons. The van der Waals surface area contributed by atoms with Gasteiger partial charge in [0, 0.05) is 49.2 Å². The number of benzene rings is 1. The van der Waals surface area contributed by atoms with Crippen LogP contribution < -0.4 is 4.90 Å². The second kappa shape index (κ2) is 10.5. The van der Waals surface area contributed by atoms with E-state index in [0.717, 1.165) is 0 Å². The van der Waals surface area contributed by atoms with E-state index in [9.17, 15) is 19.1 Å². The first-order valence-electron chi connectivity index (χ1n) is 12.3. The Morgan fingerprint density at radius 2 is 1.68 bits per heavy atom. The molecule has 1 aromatic carbocycles. The Morgan fingerprint density at radius 1 is 1.05 bits per heavy atom. The van der Waals surface area contributed by atoms with Gasteiger partial charge in [0.1, 0.15) is 11.6 Å². The molecule has 0 radical (unpaired) electrons. The summed E-state index contributed by atoms with van der Waals surface area (Å²) in [6.07, 6.45) is -0.962. The van der Waals surface area contributed by atoms with E-state index in [4.69, 9.17) is 21.6 Å². The number of rotatable bonds is 5. The second-order valence-electron chi connectivity index (χ2n) is 9.75. The van der Waals surface area contributed by atoms with Gasteiger partial charge in [-0.2, -0.15) is 0 Å². The number of amides is 2. The number of aromatic nitrogens is 2. The topological polar surface area (TPSA) is 89.9 Å². The van der Waals surface area contributed by atoms with E-state index in [0.29, 0.717) is 54.2 Å². The van der Waals surface area contributed by atoms with Crippen LogP contribution in [0.25, 0.3) is 22.2 Å². The van der Waals surface area contributed by atoms with Crippen molar-refractivity contribution in [2.24, 2.45) is 0 Å². The molecule has 0 unspecified atom stereocenters. The largest absolute Gasteiger partial charge is 0.465 e. The van der Waals surface area contributed by atoms with Crippen molar-refractivity contribution in [1.29, 1.82) is 0 Å². The number of hydrogen-bond donors (Lipinski definition) is 1. The van der Waals surface area contributed by atoms with Crippen molar-refractivity contribution in [1.82, 2.24) is 19.8 Å². The third kappa shape index (κ3) is 5.05. The maximum atomic E-state index is 14.8. The molecule has 2 amide bonds. The molecular formula is C27H31ClFN5O3. The van der Waals surface area contributed by atoms with E-state index in [-0.39, 0.29) is 34.3 Å². The van der Waals surface area contributed by atoms with Gasteiger partial charge in [-0.05, 0) is 52.8 Å². The number of aryl methyl sites for hydroxylation is 1. The zero-order valence-corrected chi connectivity index (χ0v) is 22.4. The van der Waals surface area contributed by atoms with Crippen LogP contribution >= 0.6 is 11.6 Å². The minimum absolute atomic E-state index is 0.0657. The highest BCUT2D eigenvalue weighted by Crippen LogP contribution is 2.37. The molecule has 1 saturated heterocycles. The van der Waals surface area contributed by atoms with Crippen molar-refractivity contribution >= 4 is 40.3 Å². The molecule has 0 spiro atoms. The Hall–Kier alpha value is -3.46. The fourth-order valence-electron chi connectivity index (χ4n) is 4.94. The summed E-state index contributed by atoms with van der Waals surface area (Å²) in [4.78, 5) is 40.0. The molecule has 0 atom stereocenters. The van der Waals surface area contributed by atoms with Crippen molar-refractivity contribution in [3.63, 3.8) is 0 Å². The Kier molecular flexibility index (Phi) is 7.54. The molecule has 1 fully saturated rings. The number of pyridine rings is 2. The van der Waals surface area contributed by atoms with Crippen molar-refractivity contribution in [3.05, 3.63) is 52.4 Å². The van der Waals surface area contributed by atoms with E-state index in [1.165, 1.54) is 11.0 Å². The maximum absolute atomic E-state index is 14.8. The van der Waals surface area contributed by atoms with Crippen molar-refractivity contribution in [2.45, 2.75) is 46.7 Å². The Morgan fingerprint density at radius 3 is 2.24 bits per heavy atom.